The lowest BCUT2D eigenvalue weighted by molar-refractivity contribution is 0.107. The first-order chi connectivity index (χ1) is 13.7. The average Bonchev–Trinajstić information content (AvgIpc) is 3.20. The second-order valence-electron chi connectivity index (χ2n) is 6.35. The van der Waals surface area contributed by atoms with E-state index in [2.05, 4.69) is 15.6 Å². The molecule has 28 heavy (non-hydrogen) atoms. The van der Waals surface area contributed by atoms with Crippen LogP contribution in [0.2, 0.25) is 0 Å². The van der Waals surface area contributed by atoms with Gasteiger partial charge >= 0.3 is 6.09 Å². The number of aliphatic hydroxyl groups is 1. The molecular weight excluding hydrogens is 358 g/mol. The van der Waals surface area contributed by atoms with E-state index < -0.39 is 12.2 Å². The SMILES string of the molecule is O=C(NCCNCC(O)COc1cccc2[nH]ccc12)OCc1ccccc1. The lowest BCUT2D eigenvalue weighted by Crippen LogP contribution is -2.37. The van der Waals surface area contributed by atoms with Crippen molar-refractivity contribution in [2.45, 2.75) is 12.7 Å². The van der Waals surface area contributed by atoms with E-state index >= 15 is 0 Å². The number of aromatic amines is 1. The minimum Gasteiger partial charge on any atom is -0.490 e. The van der Waals surface area contributed by atoms with Gasteiger partial charge in [-0.15, -0.1) is 0 Å². The number of rotatable bonds is 10. The van der Waals surface area contributed by atoms with E-state index in [4.69, 9.17) is 9.47 Å². The molecule has 0 radical (unpaired) electrons. The zero-order valence-corrected chi connectivity index (χ0v) is 15.6. The number of nitrogens with one attached hydrogen (secondary N) is 3. The molecule has 1 atom stereocenters. The second-order valence-corrected chi connectivity index (χ2v) is 6.35. The molecule has 3 aromatic rings. The van der Waals surface area contributed by atoms with Crippen LogP contribution in [0.3, 0.4) is 0 Å². The monoisotopic (exact) mass is 383 g/mol. The van der Waals surface area contributed by atoms with Crippen molar-refractivity contribution in [3.05, 3.63) is 66.4 Å². The quantitative estimate of drug-likeness (QED) is 0.403. The number of amides is 1. The van der Waals surface area contributed by atoms with Crippen LogP contribution in [0.4, 0.5) is 4.79 Å². The van der Waals surface area contributed by atoms with Gasteiger partial charge < -0.3 is 30.2 Å². The van der Waals surface area contributed by atoms with Gasteiger partial charge in [0.2, 0.25) is 0 Å². The van der Waals surface area contributed by atoms with Gasteiger partial charge in [-0.2, -0.15) is 0 Å². The molecule has 0 aliphatic heterocycles. The number of carbonyl (C=O) groups excluding carboxylic acids is 1. The maximum Gasteiger partial charge on any atom is 0.407 e. The molecule has 0 bridgehead atoms. The number of fused-ring (bicyclic) bond motifs is 1. The Morgan fingerprint density at radius 3 is 2.79 bits per heavy atom. The summed E-state index contributed by atoms with van der Waals surface area (Å²) in [5, 5.41) is 16.8. The van der Waals surface area contributed by atoms with Crippen LogP contribution >= 0.6 is 0 Å². The summed E-state index contributed by atoms with van der Waals surface area (Å²) in [4.78, 5) is 14.7. The summed E-state index contributed by atoms with van der Waals surface area (Å²) in [5.74, 6) is 0.737. The summed E-state index contributed by atoms with van der Waals surface area (Å²) >= 11 is 0. The van der Waals surface area contributed by atoms with Crippen LogP contribution < -0.4 is 15.4 Å². The topological polar surface area (TPSA) is 95.6 Å². The number of hydrogen-bond acceptors (Lipinski definition) is 5. The van der Waals surface area contributed by atoms with Crippen molar-refractivity contribution in [1.82, 2.24) is 15.6 Å². The molecule has 7 nitrogen and oxygen atoms in total. The Balaban J connectivity index is 1.26. The number of carbonyl (C=O) groups is 1. The Morgan fingerprint density at radius 1 is 1.07 bits per heavy atom. The van der Waals surface area contributed by atoms with E-state index in [1.54, 1.807) is 0 Å². The Labute approximate surface area is 163 Å². The van der Waals surface area contributed by atoms with Crippen LogP contribution in [0.1, 0.15) is 5.56 Å². The summed E-state index contributed by atoms with van der Waals surface area (Å²) in [6.45, 7) is 1.71. The molecule has 0 aliphatic carbocycles. The number of alkyl carbamates (subject to hydrolysis) is 1. The van der Waals surface area contributed by atoms with Crippen LogP contribution in [-0.2, 0) is 11.3 Å². The molecule has 4 N–H and O–H groups in total. The fourth-order valence-corrected chi connectivity index (χ4v) is 2.72. The van der Waals surface area contributed by atoms with Crippen LogP contribution in [0.5, 0.6) is 5.75 Å². The highest BCUT2D eigenvalue weighted by molar-refractivity contribution is 5.85. The molecule has 0 spiro atoms. The zero-order valence-electron chi connectivity index (χ0n) is 15.6. The van der Waals surface area contributed by atoms with E-state index in [-0.39, 0.29) is 13.2 Å². The van der Waals surface area contributed by atoms with E-state index in [1.807, 2.05) is 60.8 Å². The summed E-state index contributed by atoms with van der Waals surface area (Å²) in [7, 11) is 0. The number of H-pyrrole nitrogens is 1. The van der Waals surface area contributed by atoms with Gasteiger partial charge in [0.1, 0.15) is 25.1 Å². The summed E-state index contributed by atoms with van der Waals surface area (Å²) in [6.07, 6.45) is 0.737. The minimum atomic E-state index is -0.653. The summed E-state index contributed by atoms with van der Waals surface area (Å²) < 4.78 is 10.8. The van der Waals surface area contributed by atoms with Crippen molar-refractivity contribution in [2.24, 2.45) is 0 Å². The predicted molar refractivity (Wildman–Crippen MR) is 107 cm³/mol. The van der Waals surface area contributed by atoms with Crippen molar-refractivity contribution in [3.8, 4) is 5.75 Å². The highest BCUT2D eigenvalue weighted by Crippen LogP contribution is 2.24. The van der Waals surface area contributed by atoms with Gasteiger partial charge in [0.15, 0.2) is 0 Å². The van der Waals surface area contributed by atoms with Gasteiger partial charge in [-0.25, -0.2) is 4.79 Å². The zero-order chi connectivity index (χ0) is 19.6. The highest BCUT2D eigenvalue weighted by atomic mass is 16.5. The van der Waals surface area contributed by atoms with Crippen molar-refractivity contribution < 1.29 is 19.4 Å². The molecule has 1 heterocycles. The van der Waals surface area contributed by atoms with Crippen molar-refractivity contribution in [3.63, 3.8) is 0 Å². The lowest BCUT2D eigenvalue weighted by Gasteiger charge is -2.14. The lowest BCUT2D eigenvalue weighted by atomic mass is 10.2. The van der Waals surface area contributed by atoms with Gasteiger partial charge in [-0.3, -0.25) is 0 Å². The van der Waals surface area contributed by atoms with Crippen molar-refractivity contribution >= 4 is 17.0 Å². The second kappa shape index (κ2) is 10.3. The third-order valence-corrected chi connectivity index (χ3v) is 4.15. The van der Waals surface area contributed by atoms with Crippen LogP contribution in [0.25, 0.3) is 10.9 Å². The average molecular weight is 383 g/mol. The van der Waals surface area contributed by atoms with Gasteiger partial charge in [0.05, 0.1) is 0 Å². The smallest absolute Gasteiger partial charge is 0.407 e. The Morgan fingerprint density at radius 2 is 1.93 bits per heavy atom. The first kappa shape index (κ1) is 19.7. The first-order valence-corrected chi connectivity index (χ1v) is 9.24. The van der Waals surface area contributed by atoms with E-state index in [1.165, 1.54) is 0 Å². The maximum atomic E-state index is 11.6. The third-order valence-electron chi connectivity index (χ3n) is 4.15. The molecule has 0 saturated carbocycles. The molecule has 2 aromatic carbocycles. The number of aliphatic hydroxyl groups excluding tert-OH is 1. The molecule has 0 aliphatic rings. The van der Waals surface area contributed by atoms with Crippen LogP contribution in [0, 0.1) is 0 Å². The highest BCUT2D eigenvalue weighted by Gasteiger charge is 2.08. The molecule has 7 heteroatoms. The molecule has 148 valence electrons. The molecular formula is C21H25N3O4. The molecule has 0 fully saturated rings. The Hall–Kier alpha value is -3.03. The van der Waals surface area contributed by atoms with E-state index in [0.29, 0.717) is 19.6 Å². The standard InChI is InChI=1S/C21H25N3O4/c25-17(15-27-20-8-4-7-19-18(20)9-10-23-19)13-22-11-12-24-21(26)28-14-16-5-2-1-3-6-16/h1-10,17,22-23,25H,11-15H2,(H,24,26). The maximum absolute atomic E-state index is 11.6. The van der Waals surface area contributed by atoms with Crippen LogP contribution in [-0.4, -0.2) is 48.5 Å². The van der Waals surface area contributed by atoms with Crippen LogP contribution in [0.15, 0.2) is 60.8 Å². The normalized spacial score (nSPS) is 11.9. The number of ether oxygens (including phenoxy) is 2. The fourth-order valence-electron chi connectivity index (χ4n) is 2.72. The molecule has 3 rings (SSSR count). The first-order valence-electron chi connectivity index (χ1n) is 9.24. The Kier molecular flexibility index (Phi) is 7.29. The van der Waals surface area contributed by atoms with E-state index in [9.17, 15) is 9.90 Å². The van der Waals surface area contributed by atoms with Gasteiger partial charge in [0, 0.05) is 36.7 Å². The summed E-state index contributed by atoms with van der Waals surface area (Å²) in [6, 6.07) is 17.2. The van der Waals surface area contributed by atoms with Gasteiger partial charge in [0.25, 0.3) is 0 Å². The van der Waals surface area contributed by atoms with Gasteiger partial charge in [-0.05, 0) is 23.8 Å². The largest absolute Gasteiger partial charge is 0.490 e. The van der Waals surface area contributed by atoms with Crippen molar-refractivity contribution in [2.75, 3.05) is 26.2 Å². The minimum absolute atomic E-state index is 0.184. The molecule has 0 saturated heterocycles. The number of aromatic nitrogens is 1. The molecule has 1 amide bonds. The van der Waals surface area contributed by atoms with E-state index in [0.717, 1.165) is 22.2 Å². The van der Waals surface area contributed by atoms with Gasteiger partial charge in [-0.1, -0.05) is 36.4 Å². The van der Waals surface area contributed by atoms with Crippen molar-refractivity contribution in [1.29, 1.82) is 0 Å². The predicted octanol–water partition coefficient (Wildman–Crippen LogP) is 2.42. The summed E-state index contributed by atoms with van der Waals surface area (Å²) in [5.41, 5.74) is 1.93. The number of benzene rings is 2. The molecule has 1 aromatic heterocycles. The number of hydrogen-bond donors (Lipinski definition) is 4. The Bertz CT molecular complexity index is 866. The third kappa shape index (κ3) is 6.00. The fraction of sp³-hybridized carbons (Fsp3) is 0.286. The molecule has 1 unspecified atom stereocenters.